The Morgan fingerprint density at radius 3 is 2.09 bits per heavy atom. The maximum atomic E-state index is 12.7. The van der Waals surface area contributed by atoms with E-state index in [1.54, 1.807) is 0 Å². The number of carbonyl (C=O) groups is 3. The number of carboxylic acid groups (broad SMARTS) is 1. The van der Waals surface area contributed by atoms with Gasteiger partial charge in [-0.05, 0) is 27.7 Å². The number of ether oxygens (including phenoxy) is 1. The van der Waals surface area contributed by atoms with E-state index in [0.29, 0.717) is 0 Å². The van der Waals surface area contributed by atoms with Crippen molar-refractivity contribution in [1.82, 2.24) is 10.2 Å². The zero-order valence-corrected chi connectivity index (χ0v) is 19.2. The quantitative estimate of drug-likeness (QED) is 0.697. The van der Waals surface area contributed by atoms with Crippen LogP contribution in [0.4, 0.5) is 4.79 Å². The van der Waals surface area contributed by atoms with Crippen LogP contribution in [0.2, 0.25) is 0 Å². The van der Waals surface area contributed by atoms with Crippen molar-refractivity contribution in [1.29, 1.82) is 0 Å². The standard InChI is InChI=1S/C26H30N2O5/c1-26(2,3)22(12-23(29)28-13-16(14-28)24(30)31)27-25(32)33-15-21-19-10-6-4-8-17(19)18-9-5-7-11-20(18)21/h4-11,16,21-22H,12-15H2,1-3H3,(H,27,32)(H,30,31). The van der Waals surface area contributed by atoms with E-state index < -0.39 is 24.0 Å². The highest BCUT2D eigenvalue weighted by Gasteiger charge is 2.38. The molecule has 0 spiro atoms. The highest BCUT2D eigenvalue weighted by atomic mass is 16.5. The molecule has 1 heterocycles. The van der Waals surface area contributed by atoms with Gasteiger partial charge in [0.1, 0.15) is 6.61 Å². The zero-order chi connectivity index (χ0) is 23.8. The van der Waals surface area contributed by atoms with Crippen molar-refractivity contribution in [2.75, 3.05) is 19.7 Å². The monoisotopic (exact) mass is 450 g/mol. The first kappa shape index (κ1) is 22.8. The minimum absolute atomic E-state index is 0.0353. The fourth-order valence-electron chi connectivity index (χ4n) is 4.50. The number of likely N-dealkylation sites (tertiary alicyclic amines) is 1. The third-order valence-electron chi connectivity index (χ3n) is 6.64. The molecule has 0 bridgehead atoms. The molecule has 4 rings (SSSR count). The summed E-state index contributed by atoms with van der Waals surface area (Å²) in [6.07, 6.45) is -0.461. The maximum absolute atomic E-state index is 12.7. The molecule has 0 saturated carbocycles. The van der Waals surface area contributed by atoms with Crippen molar-refractivity contribution in [2.24, 2.45) is 11.3 Å². The predicted molar refractivity (Wildman–Crippen MR) is 124 cm³/mol. The molecule has 1 aliphatic carbocycles. The Morgan fingerprint density at radius 1 is 1.03 bits per heavy atom. The first-order valence-corrected chi connectivity index (χ1v) is 11.3. The number of aliphatic carboxylic acids is 1. The average molecular weight is 451 g/mol. The number of carboxylic acids is 1. The molecule has 7 nitrogen and oxygen atoms in total. The number of hydrogen-bond donors (Lipinski definition) is 2. The average Bonchev–Trinajstić information content (AvgIpc) is 3.03. The molecular weight excluding hydrogens is 420 g/mol. The molecule has 0 radical (unpaired) electrons. The summed E-state index contributed by atoms with van der Waals surface area (Å²) < 4.78 is 5.64. The van der Waals surface area contributed by atoms with Gasteiger partial charge < -0.3 is 20.1 Å². The maximum Gasteiger partial charge on any atom is 0.407 e. The summed E-state index contributed by atoms with van der Waals surface area (Å²) in [4.78, 5) is 37.9. The number of fused-ring (bicyclic) bond motifs is 3. The normalized spacial score (nSPS) is 16.4. The summed E-state index contributed by atoms with van der Waals surface area (Å²) in [7, 11) is 0. The number of rotatable bonds is 6. The number of amides is 2. The zero-order valence-electron chi connectivity index (χ0n) is 19.2. The molecule has 1 fully saturated rings. The van der Waals surface area contributed by atoms with Gasteiger partial charge in [-0.15, -0.1) is 0 Å². The predicted octanol–water partition coefficient (Wildman–Crippen LogP) is 3.87. The van der Waals surface area contributed by atoms with Gasteiger partial charge in [-0.3, -0.25) is 9.59 Å². The molecule has 2 aliphatic rings. The number of carbonyl (C=O) groups excluding carboxylic acids is 2. The van der Waals surface area contributed by atoms with Gasteiger partial charge in [-0.1, -0.05) is 69.3 Å². The summed E-state index contributed by atoms with van der Waals surface area (Å²) in [6, 6.07) is 15.9. The molecule has 1 atom stereocenters. The van der Waals surface area contributed by atoms with Crippen LogP contribution in [0.15, 0.2) is 48.5 Å². The van der Waals surface area contributed by atoms with Crippen LogP contribution in [0.1, 0.15) is 44.2 Å². The minimum atomic E-state index is -0.886. The van der Waals surface area contributed by atoms with Crippen LogP contribution in [0.3, 0.4) is 0 Å². The molecule has 2 amide bonds. The fourth-order valence-corrected chi connectivity index (χ4v) is 4.50. The van der Waals surface area contributed by atoms with Crippen LogP contribution in [-0.4, -0.2) is 53.7 Å². The van der Waals surface area contributed by atoms with Crippen LogP contribution in [-0.2, 0) is 14.3 Å². The second-order valence-electron chi connectivity index (χ2n) is 9.93. The Bertz CT molecular complexity index is 1020. The summed E-state index contributed by atoms with van der Waals surface area (Å²) >= 11 is 0. The highest BCUT2D eigenvalue weighted by Crippen LogP contribution is 2.44. The van der Waals surface area contributed by atoms with Crippen molar-refractivity contribution < 1.29 is 24.2 Å². The first-order valence-electron chi connectivity index (χ1n) is 11.3. The fraction of sp³-hybridized carbons (Fsp3) is 0.423. The van der Waals surface area contributed by atoms with Crippen LogP contribution in [0.5, 0.6) is 0 Å². The molecule has 2 aromatic rings. The van der Waals surface area contributed by atoms with Gasteiger partial charge in [-0.2, -0.15) is 0 Å². The molecule has 1 saturated heterocycles. The van der Waals surface area contributed by atoms with E-state index in [4.69, 9.17) is 9.84 Å². The molecule has 33 heavy (non-hydrogen) atoms. The van der Waals surface area contributed by atoms with Crippen molar-refractivity contribution >= 4 is 18.0 Å². The Morgan fingerprint density at radius 2 is 1.58 bits per heavy atom. The van der Waals surface area contributed by atoms with E-state index >= 15 is 0 Å². The second kappa shape index (κ2) is 8.89. The number of hydrogen-bond acceptors (Lipinski definition) is 4. The highest BCUT2D eigenvalue weighted by molar-refractivity contribution is 5.82. The van der Waals surface area contributed by atoms with Gasteiger partial charge in [0.25, 0.3) is 0 Å². The number of benzene rings is 2. The molecule has 7 heteroatoms. The summed E-state index contributed by atoms with van der Waals surface area (Å²) in [5, 5.41) is 11.9. The van der Waals surface area contributed by atoms with Gasteiger partial charge in [0, 0.05) is 31.5 Å². The van der Waals surface area contributed by atoms with Crippen molar-refractivity contribution in [3.05, 3.63) is 59.7 Å². The van der Waals surface area contributed by atoms with Gasteiger partial charge >= 0.3 is 12.1 Å². The van der Waals surface area contributed by atoms with Crippen molar-refractivity contribution in [3.8, 4) is 11.1 Å². The molecule has 2 N–H and O–H groups in total. The minimum Gasteiger partial charge on any atom is -0.481 e. The van der Waals surface area contributed by atoms with E-state index in [0.717, 1.165) is 22.3 Å². The largest absolute Gasteiger partial charge is 0.481 e. The second-order valence-corrected chi connectivity index (χ2v) is 9.93. The van der Waals surface area contributed by atoms with E-state index in [1.165, 1.54) is 4.90 Å². The van der Waals surface area contributed by atoms with Crippen molar-refractivity contribution in [3.63, 3.8) is 0 Å². The molecular formula is C26H30N2O5. The van der Waals surface area contributed by atoms with Crippen LogP contribution >= 0.6 is 0 Å². The van der Waals surface area contributed by atoms with E-state index in [2.05, 4.69) is 29.6 Å². The molecule has 1 aliphatic heterocycles. The Balaban J connectivity index is 1.38. The van der Waals surface area contributed by atoms with E-state index in [1.807, 2.05) is 45.0 Å². The Kier molecular flexibility index (Phi) is 6.15. The van der Waals surface area contributed by atoms with E-state index in [9.17, 15) is 14.4 Å². The summed E-state index contributed by atoms with van der Waals surface area (Å²) in [5.41, 5.74) is 4.22. The molecule has 1 unspecified atom stereocenters. The lowest BCUT2D eigenvalue weighted by atomic mass is 9.84. The first-order chi connectivity index (χ1) is 15.6. The number of nitrogens with zero attached hydrogens (tertiary/aromatic N) is 1. The van der Waals surface area contributed by atoms with Gasteiger partial charge in [-0.25, -0.2) is 4.79 Å². The smallest absolute Gasteiger partial charge is 0.407 e. The summed E-state index contributed by atoms with van der Waals surface area (Å²) in [5.74, 6) is -1.58. The van der Waals surface area contributed by atoms with Crippen LogP contribution in [0.25, 0.3) is 11.1 Å². The Labute approximate surface area is 193 Å². The molecule has 174 valence electrons. The van der Waals surface area contributed by atoms with E-state index in [-0.39, 0.29) is 43.4 Å². The van der Waals surface area contributed by atoms with Crippen LogP contribution < -0.4 is 5.32 Å². The lowest BCUT2D eigenvalue weighted by molar-refractivity contribution is -0.153. The topological polar surface area (TPSA) is 95.9 Å². The lowest BCUT2D eigenvalue weighted by Crippen LogP contribution is -2.55. The molecule has 0 aromatic heterocycles. The number of nitrogens with one attached hydrogen (secondary N) is 1. The van der Waals surface area contributed by atoms with Gasteiger partial charge in [0.2, 0.25) is 5.91 Å². The third kappa shape index (κ3) is 4.72. The lowest BCUT2D eigenvalue weighted by Gasteiger charge is -2.39. The van der Waals surface area contributed by atoms with Crippen molar-refractivity contribution in [2.45, 2.75) is 39.2 Å². The summed E-state index contributed by atoms with van der Waals surface area (Å²) in [6.45, 7) is 6.49. The number of alkyl carbamates (subject to hydrolysis) is 1. The third-order valence-corrected chi connectivity index (χ3v) is 6.64. The Hall–Kier alpha value is -3.35. The SMILES string of the molecule is CC(C)(C)C(CC(=O)N1CC(C(=O)O)C1)NC(=O)OCC1c2ccccc2-c2ccccc21. The van der Waals surface area contributed by atoms with Gasteiger partial charge in [0.05, 0.1) is 5.92 Å². The van der Waals surface area contributed by atoms with Crippen LogP contribution in [0, 0.1) is 11.3 Å². The van der Waals surface area contributed by atoms with Gasteiger partial charge in [0.15, 0.2) is 0 Å². The molecule has 2 aromatic carbocycles.